The molecule has 1 aromatic heterocycles. The number of allylic oxidation sites excluding steroid dienone is 1. The summed E-state index contributed by atoms with van der Waals surface area (Å²) in [5.74, 6) is 3.02. The predicted octanol–water partition coefficient (Wildman–Crippen LogP) is 5.96. The molecule has 0 amide bonds. The Bertz CT molecular complexity index is 1600. The Morgan fingerprint density at radius 2 is 1.84 bits per heavy atom. The van der Waals surface area contributed by atoms with Crippen molar-refractivity contribution < 1.29 is 23.7 Å². The number of rotatable bonds is 6. The van der Waals surface area contributed by atoms with Gasteiger partial charge in [-0.3, -0.25) is 9.69 Å². The maximum Gasteiger partial charge on any atom is 0.231 e. The predicted molar refractivity (Wildman–Crippen MR) is 146 cm³/mol. The second kappa shape index (κ2) is 9.58. The quantitative estimate of drug-likeness (QED) is 0.299. The van der Waals surface area contributed by atoms with Crippen molar-refractivity contribution >= 4 is 22.8 Å². The number of para-hydroxylation sites is 1. The third kappa shape index (κ3) is 4.00. The van der Waals surface area contributed by atoms with Gasteiger partial charge in [0.1, 0.15) is 18.2 Å². The van der Waals surface area contributed by atoms with Crippen LogP contribution in [0.25, 0.3) is 17.0 Å². The van der Waals surface area contributed by atoms with E-state index in [0.29, 0.717) is 48.4 Å². The largest absolute Gasteiger partial charge is 0.493 e. The van der Waals surface area contributed by atoms with E-state index in [-0.39, 0.29) is 5.78 Å². The maximum atomic E-state index is 13.5. The van der Waals surface area contributed by atoms with Crippen LogP contribution in [-0.4, -0.2) is 36.2 Å². The van der Waals surface area contributed by atoms with Crippen LogP contribution in [0.1, 0.15) is 39.5 Å². The Labute approximate surface area is 221 Å². The lowest BCUT2D eigenvalue weighted by Gasteiger charge is -2.30. The molecule has 0 unspecified atom stereocenters. The van der Waals surface area contributed by atoms with E-state index in [4.69, 9.17) is 18.9 Å². The number of fused-ring (bicyclic) bond motifs is 3. The van der Waals surface area contributed by atoms with Gasteiger partial charge in [-0.1, -0.05) is 24.3 Å². The van der Waals surface area contributed by atoms with Gasteiger partial charge in [-0.05, 0) is 49.8 Å². The van der Waals surface area contributed by atoms with Crippen LogP contribution in [0.3, 0.4) is 0 Å². The lowest BCUT2D eigenvalue weighted by molar-refractivity contribution is 0.0876. The number of carbonyl (C=O) groups excluding carboxylic acids is 1. The molecule has 0 spiro atoms. The molecule has 2 aliphatic heterocycles. The lowest BCUT2D eigenvalue weighted by atomic mass is 9.99. The summed E-state index contributed by atoms with van der Waals surface area (Å²) in [5.41, 5.74) is 5.62. The molecular formula is C31H30N2O5. The van der Waals surface area contributed by atoms with Gasteiger partial charge in [0.15, 0.2) is 17.3 Å². The van der Waals surface area contributed by atoms with Gasteiger partial charge in [-0.15, -0.1) is 0 Å². The summed E-state index contributed by atoms with van der Waals surface area (Å²) in [6.45, 7) is 6.69. The Morgan fingerprint density at radius 3 is 2.63 bits per heavy atom. The Hall–Kier alpha value is -4.23. The number of hydrogen-bond acceptors (Lipinski definition) is 6. The monoisotopic (exact) mass is 510 g/mol. The average molecular weight is 511 g/mol. The highest BCUT2D eigenvalue weighted by Crippen LogP contribution is 2.43. The Balaban J connectivity index is 1.28. The van der Waals surface area contributed by atoms with Crippen LogP contribution in [0.4, 0.5) is 0 Å². The number of carbonyl (C=O) groups is 1. The van der Waals surface area contributed by atoms with Crippen molar-refractivity contribution in [1.29, 1.82) is 0 Å². The van der Waals surface area contributed by atoms with Crippen LogP contribution in [0.15, 0.2) is 60.5 Å². The standard InChI is InChI=1S/C31H30N2O5/c1-5-33-17-21(23-8-6-7-9-25(23)33)14-28-29(34)24-13-22-16-32(18-37-30(22)19(2)31(24)38-28)15-20-10-11-26(35-3)27(12-20)36-4/h6-14,17H,5,15-16,18H2,1-4H3/b28-14-. The van der Waals surface area contributed by atoms with Crippen molar-refractivity contribution in [3.05, 3.63) is 88.3 Å². The summed E-state index contributed by atoms with van der Waals surface area (Å²) in [4.78, 5) is 15.7. The van der Waals surface area contributed by atoms with Gasteiger partial charge in [0.05, 0.1) is 19.8 Å². The average Bonchev–Trinajstić information content (AvgIpc) is 3.46. The molecule has 7 nitrogen and oxygen atoms in total. The zero-order valence-electron chi connectivity index (χ0n) is 22.0. The zero-order valence-corrected chi connectivity index (χ0v) is 22.0. The van der Waals surface area contributed by atoms with Gasteiger partial charge < -0.3 is 23.5 Å². The molecule has 0 saturated heterocycles. The van der Waals surface area contributed by atoms with E-state index in [1.165, 1.54) is 0 Å². The lowest BCUT2D eigenvalue weighted by Crippen LogP contribution is -2.32. The van der Waals surface area contributed by atoms with Gasteiger partial charge in [-0.2, -0.15) is 0 Å². The second-order valence-corrected chi connectivity index (χ2v) is 9.64. The number of nitrogens with zero attached hydrogens (tertiary/aromatic N) is 2. The Morgan fingerprint density at radius 1 is 1.03 bits per heavy atom. The third-order valence-corrected chi connectivity index (χ3v) is 7.30. The molecule has 4 aromatic rings. The van der Waals surface area contributed by atoms with Gasteiger partial charge in [0.25, 0.3) is 0 Å². The molecule has 0 bridgehead atoms. The summed E-state index contributed by atoms with van der Waals surface area (Å²) < 4.78 is 25.3. The first-order valence-corrected chi connectivity index (χ1v) is 12.7. The smallest absolute Gasteiger partial charge is 0.231 e. The van der Waals surface area contributed by atoms with Crippen molar-refractivity contribution in [3.63, 3.8) is 0 Å². The minimum absolute atomic E-state index is 0.101. The van der Waals surface area contributed by atoms with Crippen molar-refractivity contribution in [2.24, 2.45) is 0 Å². The second-order valence-electron chi connectivity index (χ2n) is 9.64. The fraction of sp³-hybridized carbons (Fsp3) is 0.258. The fourth-order valence-electron chi connectivity index (χ4n) is 5.43. The van der Waals surface area contributed by atoms with Crippen molar-refractivity contribution in [2.45, 2.75) is 33.5 Å². The minimum Gasteiger partial charge on any atom is -0.493 e. The van der Waals surface area contributed by atoms with Crippen molar-refractivity contribution in [1.82, 2.24) is 9.47 Å². The molecule has 38 heavy (non-hydrogen) atoms. The molecule has 7 heteroatoms. The highest BCUT2D eigenvalue weighted by atomic mass is 16.5. The highest BCUT2D eigenvalue weighted by molar-refractivity contribution is 6.15. The summed E-state index contributed by atoms with van der Waals surface area (Å²) in [6.07, 6.45) is 3.93. The number of methoxy groups -OCH3 is 2. The normalized spacial score (nSPS) is 15.8. The zero-order chi connectivity index (χ0) is 26.4. The van der Waals surface area contributed by atoms with E-state index >= 15 is 0 Å². The molecule has 0 saturated carbocycles. The van der Waals surface area contributed by atoms with Crippen LogP contribution >= 0.6 is 0 Å². The summed E-state index contributed by atoms with van der Waals surface area (Å²) in [5, 5.41) is 1.10. The Kier molecular flexibility index (Phi) is 6.08. The molecular weight excluding hydrogens is 480 g/mol. The molecule has 0 atom stereocenters. The third-order valence-electron chi connectivity index (χ3n) is 7.30. The highest BCUT2D eigenvalue weighted by Gasteiger charge is 2.34. The van der Waals surface area contributed by atoms with Crippen LogP contribution < -0.4 is 18.9 Å². The summed E-state index contributed by atoms with van der Waals surface area (Å²) in [6, 6.07) is 16.0. The van der Waals surface area contributed by atoms with E-state index in [2.05, 4.69) is 34.7 Å². The summed E-state index contributed by atoms with van der Waals surface area (Å²) >= 11 is 0. The molecule has 3 heterocycles. The van der Waals surface area contributed by atoms with Crippen LogP contribution in [0.2, 0.25) is 0 Å². The van der Waals surface area contributed by atoms with E-state index in [1.807, 2.05) is 49.4 Å². The number of benzene rings is 3. The molecule has 194 valence electrons. The first-order valence-electron chi connectivity index (χ1n) is 12.7. The molecule has 0 aliphatic carbocycles. The molecule has 6 rings (SSSR count). The van der Waals surface area contributed by atoms with Gasteiger partial charge >= 0.3 is 0 Å². The molecule has 0 N–H and O–H groups in total. The van der Waals surface area contributed by atoms with Gasteiger partial charge in [0, 0.05) is 53.4 Å². The van der Waals surface area contributed by atoms with E-state index < -0.39 is 0 Å². The van der Waals surface area contributed by atoms with Crippen molar-refractivity contribution in [3.8, 4) is 23.0 Å². The van der Waals surface area contributed by atoms with E-state index in [9.17, 15) is 4.79 Å². The number of ether oxygens (including phenoxy) is 4. The number of aryl methyl sites for hydroxylation is 1. The van der Waals surface area contributed by atoms with Gasteiger partial charge in [-0.25, -0.2) is 0 Å². The molecule has 0 fully saturated rings. The maximum absolute atomic E-state index is 13.5. The topological polar surface area (TPSA) is 62.2 Å². The number of aromatic nitrogens is 1. The van der Waals surface area contributed by atoms with Crippen LogP contribution in [0, 0.1) is 6.92 Å². The molecule has 2 aliphatic rings. The van der Waals surface area contributed by atoms with Crippen LogP contribution in [0.5, 0.6) is 23.0 Å². The first-order chi connectivity index (χ1) is 18.5. The van der Waals surface area contributed by atoms with Gasteiger partial charge in [0.2, 0.25) is 5.78 Å². The number of Topliss-reactive ketones (excluding diaryl/α,β-unsaturated/α-hetero) is 1. The number of hydrogen-bond donors (Lipinski definition) is 0. The first kappa shape index (κ1) is 24.1. The SMILES string of the molecule is CCn1cc(/C=C2\Oc3c(cc4c(c3C)OCN(Cc3ccc(OC)c(OC)c3)C4)C2=O)c2ccccc21. The van der Waals surface area contributed by atoms with E-state index in [1.54, 1.807) is 14.2 Å². The fourth-order valence-corrected chi connectivity index (χ4v) is 5.43. The van der Waals surface area contributed by atoms with E-state index in [0.717, 1.165) is 45.5 Å². The number of ketones is 1. The molecule has 3 aromatic carbocycles. The van der Waals surface area contributed by atoms with Crippen LogP contribution in [-0.2, 0) is 19.6 Å². The minimum atomic E-state index is -0.101. The molecule has 0 radical (unpaired) electrons. The summed E-state index contributed by atoms with van der Waals surface area (Å²) in [7, 11) is 3.26. The van der Waals surface area contributed by atoms with Crippen molar-refractivity contribution in [2.75, 3.05) is 21.0 Å².